The van der Waals surface area contributed by atoms with Gasteiger partial charge in [-0.1, -0.05) is 212 Å². The van der Waals surface area contributed by atoms with Gasteiger partial charge in [0.05, 0.1) is 5.69 Å². The molecule has 0 radical (unpaired) electrons. The zero-order valence-electron chi connectivity index (χ0n) is 35.5. The first kappa shape index (κ1) is 37.7. The minimum absolute atomic E-state index is 0.229. The second kappa shape index (κ2) is 16.0. The van der Waals surface area contributed by atoms with Gasteiger partial charge in [0.15, 0.2) is 0 Å². The average Bonchev–Trinajstić information content (AvgIpc) is 3.53. The highest BCUT2D eigenvalue weighted by Crippen LogP contribution is 2.48. The maximum Gasteiger partial charge on any atom is 0.0540 e. The molecule has 0 saturated carbocycles. The van der Waals surface area contributed by atoms with Crippen molar-refractivity contribution in [3.8, 4) is 44.5 Å². The fourth-order valence-corrected chi connectivity index (χ4v) is 10.6. The molecule has 11 aromatic carbocycles. The van der Waals surface area contributed by atoms with Crippen LogP contribution in [-0.2, 0) is 6.42 Å². The summed E-state index contributed by atoms with van der Waals surface area (Å²) in [6.07, 6.45) is 2.06. The van der Waals surface area contributed by atoms with Crippen molar-refractivity contribution in [1.29, 1.82) is 0 Å². The molecule has 0 heterocycles. The van der Waals surface area contributed by atoms with Crippen LogP contribution in [-0.4, -0.2) is 0 Å². The van der Waals surface area contributed by atoms with Crippen LogP contribution in [0.1, 0.15) is 29.0 Å². The molecule has 1 atom stereocenters. The van der Waals surface area contributed by atoms with Crippen molar-refractivity contribution in [2.24, 2.45) is 0 Å². The van der Waals surface area contributed by atoms with E-state index in [0.717, 1.165) is 29.9 Å². The Labute approximate surface area is 375 Å². The largest absolute Gasteiger partial charge is 0.310 e. The maximum atomic E-state index is 2.46. The predicted molar refractivity (Wildman–Crippen MR) is 272 cm³/mol. The topological polar surface area (TPSA) is 3.24 Å². The maximum absolute atomic E-state index is 2.46. The van der Waals surface area contributed by atoms with E-state index in [1.54, 1.807) is 0 Å². The molecule has 0 N–H and O–H groups in total. The standard InChI is InChI=1S/C63H45N/c1-5-23-50-43(16-1)20-13-31-51(50)47-34-37-48(38-35-47)64(63-33-15-22-45-18-4-8-26-54(45)63)49-39-41-61(62(42-49)56-32-14-21-44-17-2-6-24-52(44)56)59-30-12-11-29-58(59)60-40-36-46-19-3-7-25-53(46)55-27-9-10-28-57(55)60/h1-35,37-39,41-42,60H,36,40H2. The first-order chi connectivity index (χ1) is 31.8. The number of hydrogen-bond acceptors (Lipinski definition) is 1. The Morgan fingerprint density at radius 2 is 0.797 bits per heavy atom. The lowest BCUT2D eigenvalue weighted by molar-refractivity contribution is 0.727. The monoisotopic (exact) mass is 815 g/mol. The van der Waals surface area contributed by atoms with Gasteiger partial charge in [-0.15, -0.1) is 0 Å². The van der Waals surface area contributed by atoms with Gasteiger partial charge < -0.3 is 4.90 Å². The summed E-state index contributed by atoms with van der Waals surface area (Å²) in [7, 11) is 0. The van der Waals surface area contributed by atoms with Gasteiger partial charge in [-0.3, -0.25) is 0 Å². The highest BCUT2D eigenvalue weighted by molar-refractivity contribution is 6.04. The van der Waals surface area contributed by atoms with Crippen LogP contribution in [0.3, 0.4) is 0 Å². The molecule has 302 valence electrons. The minimum atomic E-state index is 0.229. The van der Waals surface area contributed by atoms with Gasteiger partial charge in [0.2, 0.25) is 0 Å². The Balaban J connectivity index is 1.07. The summed E-state index contributed by atoms with van der Waals surface area (Å²) in [6.45, 7) is 0. The van der Waals surface area contributed by atoms with Gasteiger partial charge in [-0.2, -0.15) is 0 Å². The molecule has 0 bridgehead atoms. The van der Waals surface area contributed by atoms with Gasteiger partial charge >= 0.3 is 0 Å². The lowest BCUT2D eigenvalue weighted by Crippen LogP contribution is -2.11. The fourth-order valence-electron chi connectivity index (χ4n) is 10.6. The summed E-state index contributed by atoms with van der Waals surface area (Å²) >= 11 is 0. The van der Waals surface area contributed by atoms with Crippen LogP contribution in [0, 0.1) is 0 Å². The number of anilines is 3. The summed E-state index contributed by atoms with van der Waals surface area (Å²) in [4.78, 5) is 2.46. The molecule has 64 heavy (non-hydrogen) atoms. The SMILES string of the molecule is c1ccc2c(c1)CCC(c1ccccc1-c1ccc(N(c3ccc(-c4cccc5ccccc45)cc3)c3cccc4ccccc34)cc1-c1cccc3ccccc13)c1ccccc1-2. The van der Waals surface area contributed by atoms with E-state index < -0.39 is 0 Å². The third-order valence-corrected chi connectivity index (χ3v) is 13.5. The van der Waals surface area contributed by atoms with Crippen LogP contribution < -0.4 is 4.90 Å². The second-order valence-electron chi connectivity index (χ2n) is 17.1. The number of hydrogen-bond donors (Lipinski definition) is 0. The van der Waals surface area contributed by atoms with Crippen molar-refractivity contribution < 1.29 is 0 Å². The zero-order chi connectivity index (χ0) is 42.4. The first-order valence-corrected chi connectivity index (χ1v) is 22.5. The highest BCUT2D eigenvalue weighted by Gasteiger charge is 2.27. The second-order valence-corrected chi connectivity index (χ2v) is 17.1. The normalized spacial score (nSPS) is 13.3. The van der Waals surface area contributed by atoms with Gasteiger partial charge in [0.1, 0.15) is 0 Å². The van der Waals surface area contributed by atoms with E-state index in [9.17, 15) is 0 Å². The Hall–Kier alpha value is -8.00. The van der Waals surface area contributed by atoms with Crippen LogP contribution in [0.4, 0.5) is 17.1 Å². The molecular formula is C63H45N. The lowest BCUT2D eigenvalue weighted by atomic mass is 9.80. The molecule has 1 unspecified atom stereocenters. The number of aryl methyl sites for hydroxylation is 1. The molecule has 0 fully saturated rings. The Morgan fingerprint density at radius 3 is 1.50 bits per heavy atom. The lowest BCUT2D eigenvalue weighted by Gasteiger charge is -2.29. The van der Waals surface area contributed by atoms with Crippen LogP contribution >= 0.6 is 0 Å². The van der Waals surface area contributed by atoms with E-state index in [4.69, 9.17) is 0 Å². The average molecular weight is 816 g/mol. The number of nitrogens with zero attached hydrogens (tertiary/aromatic N) is 1. The molecular weight excluding hydrogens is 771 g/mol. The Kier molecular flexibility index (Phi) is 9.46. The minimum Gasteiger partial charge on any atom is -0.310 e. The van der Waals surface area contributed by atoms with Crippen molar-refractivity contribution in [2.45, 2.75) is 18.8 Å². The first-order valence-electron chi connectivity index (χ1n) is 22.5. The van der Waals surface area contributed by atoms with Crippen molar-refractivity contribution in [1.82, 2.24) is 0 Å². The van der Waals surface area contributed by atoms with E-state index in [-0.39, 0.29) is 5.92 Å². The predicted octanol–water partition coefficient (Wildman–Crippen LogP) is 17.4. The molecule has 0 saturated heterocycles. The summed E-state index contributed by atoms with van der Waals surface area (Å²) in [5.74, 6) is 0.229. The summed E-state index contributed by atoms with van der Waals surface area (Å²) < 4.78 is 0. The van der Waals surface area contributed by atoms with Crippen molar-refractivity contribution in [3.05, 3.63) is 259 Å². The smallest absolute Gasteiger partial charge is 0.0540 e. The summed E-state index contributed by atoms with van der Waals surface area (Å²) in [6, 6.07) is 89.9. The third kappa shape index (κ3) is 6.57. The number of fused-ring (bicyclic) bond motifs is 6. The van der Waals surface area contributed by atoms with E-state index >= 15 is 0 Å². The van der Waals surface area contributed by atoms with E-state index in [2.05, 4.69) is 248 Å². The summed E-state index contributed by atoms with van der Waals surface area (Å²) in [5.41, 5.74) is 17.6. The molecule has 1 heteroatoms. The van der Waals surface area contributed by atoms with E-state index in [1.165, 1.54) is 93.5 Å². The molecule has 1 aliphatic carbocycles. The fraction of sp³-hybridized carbons (Fsp3) is 0.0476. The number of rotatable bonds is 7. The molecule has 11 aromatic rings. The molecule has 0 aliphatic heterocycles. The van der Waals surface area contributed by atoms with Crippen LogP contribution in [0.5, 0.6) is 0 Å². The van der Waals surface area contributed by atoms with E-state index in [1.807, 2.05) is 0 Å². The molecule has 0 amide bonds. The van der Waals surface area contributed by atoms with E-state index in [0.29, 0.717) is 0 Å². The Morgan fingerprint density at radius 1 is 0.312 bits per heavy atom. The zero-order valence-corrected chi connectivity index (χ0v) is 35.5. The number of benzene rings is 11. The quantitative estimate of drug-likeness (QED) is 0.155. The Bertz CT molecular complexity index is 3510. The molecule has 0 spiro atoms. The molecule has 1 aliphatic rings. The summed E-state index contributed by atoms with van der Waals surface area (Å²) in [5, 5.41) is 7.40. The van der Waals surface area contributed by atoms with Crippen molar-refractivity contribution in [3.63, 3.8) is 0 Å². The van der Waals surface area contributed by atoms with Gasteiger partial charge in [-0.05, 0) is 131 Å². The van der Waals surface area contributed by atoms with Gasteiger partial charge in [0, 0.05) is 22.7 Å². The molecule has 0 aromatic heterocycles. The van der Waals surface area contributed by atoms with Crippen molar-refractivity contribution >= 4 is 49.4 Å². The van der Waals surface area contributed by atoms with Gasteiger partial charge in [0.25, 0.3) is 0 Å². The van der Waals surface area contributed by atoms with Gasteiger partial charge in [-0.25, -0.2) is 0 Å². The third-order valence-electron chi connectivity index (χ3n) is 13.5. The molecule has 12 rings (SSSR count). The molecule has 1 nitrogen and oxygen atoms in total. The highest BCUT2D eigenvalue weighted by atomic mass is 15.1. The van der Waals surface area contributed by atoms with Crippen molar-refractivity contribution in [2.75, 3.05) is 4.90 Å². The van der Waals surface area contributed by atoms with Crippen LogP contribution in [0.25, 0.3) is 76.8 Å². The van der Waals surface area contributed by atoms with Crippen LogP contribution in [0.15, 0.2) is 243 Å². The van der Waals surface area contributed by atoms with Crippen LogP contribution in [0.2, 0.25) is 0 Å².